The summed E-state index contributed by atoms with van der Waals surface area (Å²) >= 11 is 5.78. The summed E-state index contributed by atoms with van der Waals surface area (Å²) in [5, 5.41) is 3.00. The third-order valence-corrected chi connectivity index (χ3v) is 6.98. The number of halogens is 1. The smallest absolute Gasteiger partial charge is 0.225 e. The van der Waals surface area contributed by atoms with Crippen LogP contribution in [0.1, 0.15) is 38.3 Å². The SMILES string of the molecule is O=C(CCS(=O)(=O)c1ccc(Cl)cc1)Nc1cccc2c1C(=O)c1ccccc1C2=O. The number of anilines is 1. The molecule has 0 aliphatic heterocycles. The van der Waals surface area contributed by atoms with Crippen molar-refractivity contribution in [2.24, 2.45) is 0 Å². The van der Waals surface area contributed by atoms with Gasteiger partial charge >= 0.3 is 0 Å². The van der Waals surface area contributed by atoms with E-state index < -0.39 is 21.5 Å². The molecule has 0 radical (unpaired) electrons. The fourth-order valence-electron chi connectivity index (χ4n) is 3.45. The van der Waals surface area contributed by atoms with Crippen LogP contribution in [0.15, 0.2) is 71.6 Å². The standard InChI is InChI=1S/C23H16ClNO5S/c24-14-8-10-15(11-9-14)31(29,30)13-12-20(26)25-19-7-3-6-18-21(19)23(28)17-5-2-1-4-16(17)22(18)27/h1-11H,12-13H2,(H,25,26). The van der Waals surface area contributed by atoms with E-state index in [9.17, 15) is 22.8 Å². The van der Waals surface area contributed by atoms with Crippen molar-refractivity contribution >= 4 is 44.6 Å². The summed E-state index contributed by atoms with van der Waals surface area (Å²) in [6.07, 6.45) is -0.312. The molecule has 0 bridgehead atoms. The summed E-state index contributed by atoms with van der Waals surface area (Å²) in [5.41, 5.74) is 1.08. The average Bonchev–Trinajstić information content (AvgIpc) is 2.76. The molecule has 0 spiro atoms. The Balaban J connectivity index is 1.54. The molecular formula is C23H16ClNO5S. The van der Waals surface area contributed by atoms with Crippen LogP contribution in [0.5, 0.6) is 0 Å². The van der Waals surface area contributed by atoms with Crippen molar-refractivity contribution < 1.29 is 22.8 Å². The number of ketones is 2. The normalized spacial score (nSPS) is 12.8. The number of hydrogen-bond acceptors (Lipinski definition) is 5. The molecule has 3 aromatic carbocycles. The summed E-state index contributed by atoms with van der Waals surface area (Å²) < 4.78 is 24.9. The first-order valence-electron chi connectivity index (χ1n) is 9.37. The van der Waals surface area contributed by atoms with Crippen LogP contribution in [0, 0.1) is 0 Å². The number of nitrogens with one attached hydrogen (secondary N) is 1. The quantitative estimate of drug-likeness (QED) is 0.494. The molecule has 8 heteroatoms. The van der Waals surface area contributed by atoms with Crippen molar-refractivity contribution in [3.63, 3.8) is 0 Å². The first-order valence-corrected chi connectivity index (χ1v) is 11.4. The van der Waals surface area contributed by atoms with E-state index >= 15 is 0 Å². The van der Waals surface area contributed by atoms with E-state index in [0.29, 0.717) is 10.6 Å². The van der Waals surface area contributed by atoms with Gasteiger partial charge < -0.3 is 5.32 Å². The maximum Gasteiger partial charge on any atom is 0.225 e. The van der Waals surface area contributed by atoms with Crippen molar-refractivity contribution in [2.45, 2.75) is 11.3 Å². The highest BCUT2D eigenvalue weighted by molar-refractivity contribution is 7.91. The summed E-state index contributed by atoms with van der Waals surface area (Å²) in [7, 11) is -3.68. The highest BCUT2D eigenvalue weighted by Gasteiger charge is 2.31. The van der Waals surface area contributed by atoms with Crippen molar-refractivity contribution in [3.05, 3.63) is 94.0 Å². The Bertz CT molecular complexity index is 1330. The summed E-state index contributed by atoms with van der Waals surface area (Å²) in [5.74, 6) is -1.66. The van der Waals surface area contributed by atoms with E-state index in [1.165, 1.54) is 36.4 Å². The fourth-order valence-corrected chi connectivity index (χ4v) is 4.82. The lowest BCUT2D eigenvalue weighted by Crippen LogP contribution is -2.24. The van der Waals surface area contributed by atoms with Crippen LogP contribution < -0.4 is 5.32 Å². The average molecular weight is 454 g/mol. The minimum atomic E-state index is -3.68. The minimum Gasteiger partial charge on any atom is -0.325 e. The molecule has 1 amide bonds. The number of carbonyl (C=O) groups excluding carboxylic acids is 3. The number of hydrogen-bond donors (Lipinski definition) is 1. The number of sulfone groups is 1. The Hall–Kier alpha value is -3.29. The van der Waals surface area contributed by atoms with Gasteiger partial charge in [0.1, 0.15) is 0 Å². The molecule has 0 fully saturated rings. The number of benzene rings is 3. The van der Waals surface area contributed by atoms with Crippen LogP contribution in [0.3, 0.4) is 0 Å². The zero-order chi connectivity index (χ0) is 22.2. The lowest BCUT2D eigenvalue weighted by atomic mass is 9.83. The largest absolute Gasteiger partial charge is 0.325 e. The van der Waals surface area contributed by atoms with Gasteiger partial charge in [-0.25, -0.2) is 8.42 Å². The predicted molar refractivity (Wildman–Crippen MR) is 117 cm³/mol. The van der Waals surface area contributed by atoms with Gasteiger partial charge in [-0.2, -0.15) is 0 Å². The molecule has 31 heavy (non-hydrogen) atoms. The van der Waals surface area contributed by atoms with Gasteiger partial charge in [-0.05, 0) is 30.3 Å². The van der Waals surface area contributed by atoms with Crippen molar-refractivity contribution in [3.8, 4) is 0 Å². The fraction of sp³-hybridized carbons (Fsp3) is 0.0870. The highest BCUT2D eigenvalue weighted by Crippen LogP contribution is 2.32. The van der Waals surface area contributed by atoms with Crippen LogP contribution in [0.2, 0.25) is 5.02 Å². The predicted octanol–water partition coefficient (Wildman–Crippen LogP) is 3.92. The Morgan fingerprint density at radius 2 is 1.42 bits per heavy atom. The van der Waals surface area contributed by atoms with E-state index in [2.05, 4.69) is 5.32 Å². The van der Waals surface area contributed by atoms with E-state index in [0.717, 1.165) is 0 Å². The van der Waals surface area contributed by atoms with Crippen molar-refractivity contribution in [2.75, 3.05) is 11.1 Å². The second-order valence-electron chi connectivity index (χ2n) is 7.00. The molecule has 4 rings (SSSR count). The van der Waals surface area contributed by atoms with E-state index in [1.807, 2.05) is 0 Å². The van der Waals surface area contributed by atoms with Gasteiger partial charge in [0.05, 0.1) is 21.9 Å². The molecule has 1 N–H and O–H groups in total. The second-order valence-corrected chi connectivity index (χ2v) is 9.55. The van der Waals surface area contributed by atoms with Gasteiger partial charge in [0.15, 0.2) is 21.4 Å². The molecule has 1 aliphatic rings. The Morgan fingerprint density at radius 1 is 0.806 bits per heavy atom. The molecule has 1 aliphatic carbocycles. The van der Waals surface area contributed by atoms with Crippen LogP contribution >= 0.6 is 11.6 Å². The van der Waals surface area contributed by atoms with Gasteiger partial charge in [0, 0.05) is 28.1 Å². The first kappa shape index (κ1) is 21.0. The molecule has 6 nitrogen and oxygen atoms in total. The summed E-state index contributed by atoms with van der Waals surface area (Å²) in [4.78, 5) is 38.3. The third kappa shape index (κ3) is 4.02. The van der Waals surface area contributed by atoms with Crippen LogP contribution in [0.4, 0.5) is 5.69 Å². The monoisotopic (exact) mass is 453 g/mol. The topological polar surface area (TPSA) is 97.4 Å². The Labute approximate surface area is 183 Å². The number of carbonyl (C=O) groups is 3. The van der Waals surface area contributed by atoms with Crippen LogP contribution in [0.25, 0.3) is 0 Å². The lowest BCUT2D eigenvalue weighted by molar-refractivity contribution is -0.115. The third-order valence-electron chi connectivity index (χ3n) is 5.00. The zero-order valence-corrected chi connectivity index (χ0v) is 17.7. The molecule has 0 saturated heterocycles. The van der Waals surface area contributed by atoms with Gasteiger partial charge in [-0.3, -0.25) is 14.4 Å². The molecule has 156 valence electrons. The summed E-state index contributed by atoms with van der Waals surface area (Å²) in [6.45, 7) is 0. The van der Waals surface area contributed by atoms with Gasteiger partial charge in [-0.15, -0.1) is 0 Å². The molecular weight excluding hydrogens is 438 g/mol. The highest BCUT2D eigenvalue weighted by atomic mass is 35.5. The Kier molecular flexibility index (Phi) is 5.47. The van der Waals surface area contributed by atoms with Crippen LogP contribution in [-0.2, 0) is 14.6 Å². The second kappa shape index (κ2) is 8.09. The van der Waals surface area contributed by atoms with Gasteiger partial charge in [0.25, 0.3) is 0 Å². The molecule has 3 aromatic rings. The molecule has 0 heterocycles. The molecule has 0 aromatic heterocycles. The van der Waals surface area contributed by atoms with E-state index in [4.69, 9.17) is 11.6 Å². The van der Waals surface area contributed by atoms with Crippen molar-refractivity contribution in [1.29, 1.82) is 0 Å². The first-order chi connectivity index (χ1) is 14.8. The van der Waals surface area contributed by atoms with E-state index in [1.54, 1.807) is 30.3 Å². The van der Waals surface area contributed by atoms with Crippen LogP contribution in [-0.4, -0.2) is 31.6 Å². The van der Waals surface area contributed by atoms with Crippen molar-refractivity contribution in [1.82, 2.24) is 0 Å². The van der Waals surface area contributed by atoms with Gasteiger partial charge in [-0.1, -0.05) is 48.0 Å². The number of amides is 1. The van der Waals surface area contributed by atoms with E-state index in [-0.39, 0.29) is 45.3 Å². The molecule has 0 saturated carbocycles. The zero-order valence-electron chi connectivity index (χ0n) is 16.1. The molecule has 0 unspecified atom stereocenters. The number of rotatable bonds is 5. The maximum absolute atomic E-state index is 13.0. The van der Waals surface area contributed by atoms with Gasteiger partial charge in [0.2, 0.25) is 5.91 Å². The lowest BCUT2D eigenvalue weighted by Gasteiger charge is -2.20. The number of fused-ring (bicyclic) bond motifs is 2. The summed E-state index contributed by atoms with van der Waals surface area (Å²) in [6, 6.07) is 16.8. The minimum absolute atomic E-state index is 0.0687. The maximum atomic E-state index is 13.0. The molecule has 0 atom stereocenters. The Morgan fingerprint density at radius 3 is 2.10 bits per heavy atom.